The van der Waals surface area contributed by atoms with Gasteiger partial charge < -0.3 is 44.3 Å². The second kappa shape index (κ2) is 17.8. The van der Waals surface area contributed by atoms with E-state index in [9.17, 15) is 29.1 Å². The Hall–Kier alpha value is -2.97. The number of likely N-dealkylation sites (tertiary alicyclic amines) is 1. The van der Waals surface area contributed by atoms with E-state index >= 15 is 0 Å². The van der Waals surface area contributed by atoms with Crippen molar-refractivity contribution in [2.24, 2.45) is 0 Å². The number of carbonyl (C=O) groups is 5. The first-order chi connectivity index (χ1) is 19.1. The molecule has 1 fully saturated rings. The van der Waals surface area contributed by atoms with Crippen LogP contribution in [-0.2, 0) is 42.9 Å². The third-order valence-corrected chi connectivity index (χ3v) is 5.38. The Morgan fingerprint density at radius 3 is 1.98 bits per heavy atom. The minimum atomic E-state index is -1.25. The molecule has 41 heavy (non-hydrogen) atoms. The van der Waals surface area contributed by atoms with Crippen LogP contribution in [-0.4, -0.2) is 116 Å². The van der Waals surface area contributed by atoms with E-state index in [-0.39, 0.29) is 32.8 Å². The topological polar surface area (TPSA) is 179 Å². The average molecular weight is 590 g/mol. The second-order valence-electron chi connectivity index (χ2n) is 11.5. The van der Waals surface area contributed by atoms with E-state index < -0.39 is 59.6 Å². The molecule has 0 aliphatic carbocycles. The van der Waals surface area contributed by atoms with Crippen LogP contribution >= 0.6 is 0 Å². The standard InChI is InChI=1S/C27H47N3O11/c1-26(2,3)40-22(32)18-19(23(33)30-11-7-8-20(30)24(34)35)29-21(31)9-12-37-14-16-39-17-15-38-13-10-28-25(36)41-27(4,5)6/h19-20H,7-18H2,1-6H3,(H,28,36)(H,29,31)(H,34,35)/t19?,20-/m0/s1. The summed E-state index contributed by atoms with van der Waals surface area (Å²) in [6, 6.07) is -2.25. The number of carboxylic acids is 1. The van der Waals surface area contributed by atoms with Crippen LogP contribution in [0.1, 0.15) is 67.2 Å². The number of rotatable bonds is 17. The van der Waals surface area contributed by atoms with Crippen molar-refractivity contribution in [3.05, 3.63) is 0 Å². The number of amides is 3. The van der Waals surface area contributed by atoms with Gasteiger partial charge in [-0.25, -0.2) is 9.59 Å². The number of nitrogens with one attached hydrogen (secondary N) is 2. The van der Waals surface area contributed by atoms with Gasteiger partial charge in [0.1, 0.15) is 23.3 Å². The quantitative estimate of drug-likeness (QED) is 0.164. The van der Waals surface area contributed by atoms with Crippen LogP contribution in [0.5, 0.6) is 0 Å². The predicted octanol–water partition coefficient (Wildman–Crippen LogP) is 1.24. The van der Waals surface area contributed by atoms with Gasteiger partial charge in [0, 0.05) is 19.5 Å². The molecule has 1 unspecified atom stereocenters. The second-order valence-corrected chi connectivity index (χ2v) is 11.5. The van der Waals surface area contributed by atoms with Gasteiger partial charge in [-0.3, -0.25) is 14.4 Å². The molecule has 14 heteroatoms. The van der Waals surface area contributed by atoms with Crippen molar-refractivity contribution in [1.82, 2.24) is 15.5 Å². The van der Waals surface area contributed by atoms with E-state index in [1.54, 1.807) is 41.5 Å². The van der Waals surface area contributed by atoms with Crippen LogP contribution in [0.4, 0.5) is 4.79 Å². The van der Waals surface area contributed by atoms with Gasteiger partial charge in [-0.2, -0.15) is 0 Å². The molecule has 1 rings (SSSR count). The van der Waals surface area contributed by atoms with Crippen LogP contribution in [0, 0.1) is 0 Å². The fraction of sp³-hybridized carbons (Fsp3) is 0.815. The zero-order valence-electron chi connectivity index (χ0n) is 25.1. The Balaban J connectivity index is 2.31. The SMILES string of the molecule is CC(C)(C)OC(=O)CC(NC(=O)CCOCCOCCOCCNC(=O)OC(C)(C)C)C(=O)N1CCC[C@H]1C(=O)O. The summed E-state index contributed by atoms with van der Waals surface area (Å²) >= 11 is 0. The molecule has 0 aromatic carbocycles. The van der Waals surface area contributed by atoms with E-state index in [0.717, 1.165) is 0 Å². The molecule has 3 N–H and O–H groups in total. The van der Waals surface area contributed by atoms with E-state index in [0.29, 0.717) is 39.2 Å². The zero-order chi connectivity index (χ0) is 31.1. The maximum Gasteiger partial charge on any atom is 0.407 e. The van der Waals surface area contributed by atoms with Gasteiger partial charge in [0.25, 0.3) is 0 Å². The van der Waals surface area contributed by atoms with Gasteiger partial charge in [-0.15, -0.1) is 0 Å². The summed E-state index contributed by atoms with van der Waals surface area (Å²) < 4.78 is 26.5. The number of alkyl carbamates (subject to hydrolysis) is 1. The van der Waals surface area contributed by atoms with Gasteiger partial charge in [0.2, 0.25) is 11.8 Å². The van der Waals surface area contributed by atoms with Crippen molar-refractivity contribution in [2.75, 3.05) is 52.7 Å². The molecule has 0 radical (unpaired) electrons. The minimum Gasteiger partial charge on any atom is -0.480 e. The summed E-state index contributed by atoms with van der Waals surface area (Å²) in [5.41, 5.74) is -1.35. The molecule has 1 aliphatic rings. The smallest absolute Gasteiger partial charge is 0.407 e. The Bertz CT molecular complexity index is 868. The maximum absolute atomic E-state index is 13.1. The number of ether oxygens (including phenoxy) is 5. The number of hydrogen-bond donors (Lipinski definition) is 3. The fourth-order valence-corrected chi connectivity index (χ4v) is 3.75. The minimum absolute atomic E-state index is 0.0524. The van der Waals surface area contributed by atoms with Crippen molar-refractivity contribution in [1.29, 1.82) is 0 Å². The maximum atomic E-state index is 13.1. The molecule has 0 bridgehead atoms. The zero-order valence-corrected chi connectivity index (χ0v) is 25.1. The molecule has 1 heterocycles. The lowest BCUT2D eigenvalue weighted by atomic mass is 10.1. The summed E-state index contributed by atoms with van der Waals surface area (Å²) in [5.74, 6) is -2.96. The fourth-order valence-electron chi connectivity index (χ4n) is 3.75. The number of carbonyl (C=O) groups excluding carboxylic acids is 4. The van der Waals surface area contributed by atoms with Crippen LogP contribution in [0.15, 0.2) is 0 Å². The van der Waals surface area contributed by atoms with Crippen molar-refractivity contribution in [3.63, 3.8) is 0 Å². The lowest BCUT2D eigenvalue weighted by molar-refractivity contribution is -0.158. The molecule has 0 aromatic rings. The van der Waals surface area contributed by atoms with Crippen molar-refractivity contribution >= 4 is 29.8 Å². The van der Waals surface area contributed by atoms with Gasteiger partial charge in [0.05, 0.1) is 46.1 Å². The third kappa shape index (κ3) is 16.8. The van der Waals surface area contributed by atoms with Gasteiger partial charge >= 0.3 is 18.0 Å². The molecular weight excluding hydrogens is 542 g/mol. The van der Waals surface area contributed by atoms with Gasteiger partial charge in [-0.1, -0.05) is 0 Å². The Morgan fingerprint density at radius 2 is 1.41 bits per heavy atom. The van der Waals surface area contributed by atoms with E-state index in [2.05, 4.69) is 10.6 Å². The van der Waals surface area contributed by atoms with Gasteiger partial charge in [-0.05, 0) is 54.4 Å². The first-order valence-corrected chi connectivity index (χ1v) is 13.8. The summed E-state index contributed by atoms with van der Waals surface area (Å²) in [6.45, 7) is 12.4. The molecule has 0 saturated carbocycles. The lowest BCUT2D eigenvalue weighted by Gasteiger charge is -2.28. The van der Waals surface area contributed by atoms with Crippen molar-refractivity contribution in [2.45, 2.75) is 90.5 Å². The van der Waals surface area contributed by atoms with Crippen LogP contribution in [0.3, 0.4) is 0 Å². The Labute approximate surface area is 241 Å². The van der Waals surface area contributed by atoms with E-state index in [1.165, 1.54) is 4.90 Å². The lowest BCUT2D eigenvalue weighted by Crippen LogP contribution is -2.52. The molecule has 1 aliphatic heterocycles. The van der Waals surface area contributed by atoms with Crippen LogP contribution < -0.4 is 10.6 Å². The van der Waals surface area contributed by atoms with Crippen molar-refractivity contribution < 1.29 is 52.8 Å². The third-order valence-electron chi connectivity index (χ3n) is 5.38. The molecule has 1 saturated heterocycles. The summed E-state index contributed by atoms with van der Waals surface area (Å²) in [4.78, 5) is 62.2. The molecule has 0 spiro atoms. The number of carboxylic acid groups (broad SMARTS) is 1. The largest absolute Gasteiger partial charge is 0.480 e. The monoisotopic (exact) mass is 589 g/mol. The highest BCUT2D eigenvalue weighted by Gasteiger charge is 2.38. The number of aliphatic carboxylic acids is 1. The molecular formula is C27H47N3O11. The predicted molar refractivity (Wildman–Crippen MR) is 146 cm³/mol. The molecule has 2 atom stereocenters. The summed E-state index contributed by atoms with van der Waals surface area (Å²) in [6.07, 6.45) is -0.177. The van der Waals surface area contributed by atoms with Crippen LogP contribution in [0.2, 0.25) is 0 Å². The van der Waals surface area contributed by atoms with E-state index in [4.69, 9.17) is 23.7 Å². The van der Waals surface area contributed by atoms with E-state index in [1.807, 2.05) is 0 Å². The molecule has 236 valence electrons. The Kier molecular flexibility index (Phi) is 15.6. The number of nitrogens with zero attached hydrogens (tertiary/aromatic N) is 1. The molecule has 0 aromatic heterocycles. The molecule has 14 nitrogen and oxygen atoms in total. The first kappa shape index (κ1) is 36.1. The first-order valence-electron chi connectivity index (χ1n) is 13.8. The highest BCUT2D eigenvalue weighted by Crippen LogP contribution is 2.20. The molecule has 3 amide bonds. The normalized spacial score (nSPS) is 16.1. The average Bonchev–Trinajstić information content (AvgIpc) is 3.32. The summed E-state index contributed by atoms with van der Waals surface area (Å²) in [5, 5.41) is 14.5. The Morgan fingerprint density at radius 1 is 0.854 bits per heavy atom. The van der Waals surface area contributed by atoms with Crippen LogP contribution in [0.25, 0.3) is 0 Å². The van der Waals surface area contributed by atoms with Crippen molar-refractivity contribution in [3.8, 4) is 0 Å². The van der Waals surface area contributed by atoms with Gasteiger partial charge in [0.15, 0.2) is 0 Å². The highest BCUT2D eigenvalue weighted by atomic mass is 16.6. The summed E-state index contributed by atoms with van der Waals surface area (Å²) in [7, 11) is 0. The highest BCUT2D eigenvalue weighted by molar-refractivity contribution is 5.93. The number of hydrogen-bond acceptors (Lipinski definition) is 10. The number of esters is 1.